The predicted octanol–water partition coefficient (Wildman–Crippen LogP) is 12.0. The van der Waals surface area contributed by atoms with Gasteiger partial charge in [-0.05, 0) is 56.4 Å². The minimum absolute atomic E-state index is 0. The fourth-order valence-electron chi connectivity index (χ4n) is 5.56. The fraction of sp³-hybridized carbons (Fsp3) is 0.684. The van der Waals surface area contributed by atoms with Crippen LogP contribution in [0.4, 0.5) is 0 Å². The Labute approximate surface area is 313 Å². The van der Waals surface area contributed by atoms with Gasteiger partial charge in [-0.1, -0.05) is 174 Å². The van der Waals surface area contributed by atoms with Crippen molar-refractivity contribution >= 4 is 38.3 Å². The van der Waals surface area contributed by atoms with Gasteiger partial charge in [0.15, 0.2) is 0 Å². The second kappa shape index (κ2) is 15.1. The largest absolute Gasteiger partial charge is 2.00 e. The van der Waals surface area contributed by atoms with E-state index in [9.17, 15) is 0 Å². The van der Waals surface area contributed by atoms with E-state index in [1.165, 1.54) is 56.9 Å². The average molecular weight is 796 g/mol. The molecule has 0 bridgehead atoms. The van der Waals surface area contributed by atoms with Gasteiger partial charge in [-0.25, -0.2) is 0 Å². The molecule has 0 spiro atoms. The van der Waals surface area contributed by atoms with Crippen LogP contribution in [-0.4, -0.2) is 29.7 Å². The van der Waals surface area contributed by atoms with Crippen molar-refractivity contribution in [2.75, 3.05) is 13.2 Å². The van der Waals surface area contributed by atoms with Crippen molar-refractivity contribution in [2.24, 2.45) is 0 Å². The topological polar surface area (TPSA) is 37.4 Å². The molecule has 0 amide bonds. The first kappa shape index (κ1) is 42.1. The van der Waals surface area contributed by atoms with Crippen LogP contribution in [0, 0.1) is 46.9 Å². The zero-order valence-corrected chi connectivity index (χ0v) is 35.4. The van der Waals surface area contributed by atoms with Crippen molar-refractivity contribution < 1.29 is 51.7 Å². The van der Waals surface area contributed by atoms with Crippen LogP contribution in [0.15, 0.2) is 24.3 Å². The molecule has 0 aliphatic carbocycles. The van der Waals surface area contributed by atoms with Gasteiger partial charge in [-0.15, -0.1) is 11.0 Å². The maximum Gasteiger partial charge on any atom is 2.00 e. The Kier molecular flexibility index (Phi) is 14.5. The van der Waals surface area contributed by atoms with Crippen LogP contribution in [0.3, 0.4) is 0 Å². The van der Waals surface area contributed by atoms with Gasteiger partial charge in [0, 0.05) is 13.2 Å². The zero-order valence-electron chi connectivity index (χ0n) is 31.7. The molecule has 1 aliphatic heterocycles. The van der Waals surface area contributed by atoms with Crippen LogP contribution in [0.1, 0.15) is 118 Å². The number of ether oxygens (including phenoxy) is 1. The maximum atomic E-state index is 5.29. The van der Waals surface area contributed by atoms with E-state index in [1.54, 1.807) is 0 Å². The van der Waals surface area contributed by atoms with Gasteiger partial charge in [0.2, 0.25) is 0 Å². The molecule has 2 heterocycles. The second-order valence-corrected chi connectivity index (χ2v) is 28.3. The van der Waals surface area contributed by atoms with Crippen LogP contribution < -0.4 is 4.98 Å². The van der Waals surface area contributed by atoms with Crippen molar-refractivity contribution in [3.05, 3.63) is 51.2 Å². The van der Waals surface area contributed by atoms with E-state index < -0.39 is 16.5 Å². The molecule has 0 unspecified atom stereocenters. The van der Waals surface area contributed by atoms with E-state index in [2.05, 4.69) is 147 Å². The molecule has 1 saturated heterocycles. The Bertz CT molecular complexity index is 1260. The summed E-state index contributed by atoms with van der Waals surface area (Å²) in [5, 5.41) is 2.63. The Hall–Kier alpha value is 0.113. The van der Waals surface area contributed by atoms with Crippen molar-refractivity contribution in [3.8, 4) is 0 Å². The molecule has 3 nitrogen and oxygen atoms in total. The Morgan fingerprint density at radius 3 is 1.05 bits per heavy atom. The molecule has 6 heteroatoms. The van der Waals surface area contributed by atoms with Crippen LogP contribution in [0.2, 0.25) is 39.3 Å². The first-order valence-electron chi connectivity index (χ1n) is 16.5. The quantitative estimate of drug-likeness (QED) is 0.242. The molecule has 2 aromatic carbocycles. The van der Waals surface area contributed by atoms with E-state index >= 15 is 0 Å². The molecule has 4 rings (SSSR count). The van der Waals surface area contributed by atoms with Crippen LogP contribution in [0.25, 0.3) is 26.5 Å². The summed E-state index contributed by atoms with van der Waals surface area (Å²) in [7, 11) is -2.21. The van der Waals surface area contributed by atoms with Gasteiger partial charge >= 0.3 is 46.9 Å². The summed E-state index contributed by atoms with van der Waals surface area (Å²) in [6.45, 7) is 43.4. The minimum Gasteiger partial charge on any atom is -0.668 e. The first-order valence-corrected chi connectivity index (χ1v) is 23.4. The molecule has 1 aliphatic rings. The first-order chi connectivity index (χ1) is 19.1. The SMILES string of the molecule is C1CCOC1.CC(C)(C)c1cc(C(C)(C)C)c2[n-]c3c(C(C)(C)C)cc(C(C)(C)C)cc3c2c1.C[Si](C)(C)[N-][Si](C)(C)C.[Yb+2]. The van der Waals surface area contributed by atoms with Gasteiger partial charge in [0.05, 0.1) is 0 Å². The zero-order chi connectivity index (χ0) is 33.4. The van der Waals surface area contributed by atoms with Gasteiger partial charge in [0.25, 0.3) is 0 Å². The molecule has 0 radical (unpaired) electrons. The molecule has 0 N–H and O–H groups in total. The number of rotatable bonds is 2. The van der Waals surface area contributed by atoms with E-state index in [4.69, 9.17) is 14.4 Å². The van der Waals surface area contributed by atoms with Crippen molar-refractivity contribution in [1.29, 1.82) is 0 Å². The van der Waals surface area contributed by atoms with E-state index in [0.29, 0.717) is 0 Å². The summed E-state index contributed by atoms with van der Waals surface area (Å²) in [4.78, 5) is 5.29. The van der Waals surface area contributed by atoms with Crippen molar-refractivity contribution in [3.63, 3.8) is 0 Å². The summed E-state index contributed by atoms with van der Waals surface area (Å²) >= 11 is 0. The molecule has 0 saturated carbocycles. The molecule has 3 aromatic rings. The van der Waals surface area contributed by atoms with Gasteiger partial charge in [-0.3, -0.25) is 0 Å². The second-order valence-electron chi connectivity index (χ2n) is 18.7. The fourth-order valence-corrected chi connectivity index (χ4v) is 13.6. The predicted molar refractivity (Wildman–Crippen MR) is 200 cm³/mol. The Morgan fingerprint density at radius 2 is 0.864 bits per heavy atom. The number of nitrogens with zero attached hydrogens (tertiary/aromatic N) is 2. The number of fused-ring (bicyclic) bond motifs is 3. The van der Waals surface area contributed by atoms with Gasteiger partial charge in [-0.2, -0.15) is 0 Å². The third-order valence-corrected chi connectivity index (χ3v) is 12.9. The third-order valence-electron chi connectivity index (χ3n) is 7.58. The monoisotopic (exact) mass is 796 g/mol. The standard InChI is InChI=1S/C28H40N.C6H18NSi2.C4H8O.Yb/c1-25(2,3)17-13-19-20-14-18(26(4,5)6)16-22(28(10,11)12)24(20)29-23(19)21(15-17)27(7,8)9;1-8(2,3)7-9(4,5)6;1-2-4-5-3-1;/h13-16H,1-12H3;1-6H3;1-4H2;/q2*-1;;+2. The smallest absolute Gasteiger partial charge is 0.668 e. The van der Waals surface area contributed by atoms with E-state index in [1.807, 2.05) is 0 Å². The molecule has 1 fully saturated rings. The molecular weight excluding hydrogens is 730 g/mol. The summed E-state index contributed by atoms with van der Waals surface area (Å²) in [5.41, 5.74) is 8.15. The molecule has 1 aromatic heterocycles. The number of aromatic nitrogens is 1. The number of hydrogen-bond acceptors (Lipinski definition) is 1. The van der Waals surface area contributed by atoms with Crippen LogP contribution in [-0.2, 0) is 26.4 Å². The third kappa shape index (κ3) is 12.6. The van der Waals surface area contributed by atoms with E-state index in [0.717, 1.165) is 13.2 Å². The summed E-state index contributed by atoms with van der Waals surface area (Å²) < 4.78 is 9.76. The Balaban J connectivity index is 0.000000533. The van der Waals surface area contributed by atoms with Crippen molar-refractivity contribution in [1.82, 2.24) is 4.98 Å². The number of hydrogen-bond donors (Lipinski definition) is 0. The summed E-state index contributed by atoms with van der Waals surface area (Å²) in [6, 6.07) is 9.60. The number of benzene rings is 2. The normalized spacial score (nSPS) is 15.0. The minimum atomic E-state index is -1.11. The maximum absolute atomic E-state index is 5.29. The molecule has 256 valence electrons. The Morgan fingerprint density at radius 1 is 0.545 bits per heavy atom. The van der Waals surface area contributed by atoms with Gasteiger partial charge < -0.3 is 14.4 Å². The summed E-state index contributed by atoms with van der Waals surface area (Å²) in [6.07, 6.45) is 2.56. The summed E-state index contributed by atoms with van der Waals surface area (Å²) in [5.74, 6) is 0. The van der Waals surface area contributed by atoms with Crippen LogP contribution in [0.5, 0.6) is 0 Å². The molecule has 44 heavy (non-hydrogen) atoms. The molecular formula is C38H66N2OSi2Yb. The molecule has 0 atom stereocenters. The van der Waals surface area contributed by atoms with Crippen LogP contribution >= 0.6 is 0 Å². The van der Waals surface area contributed by atoms with Crippen molar-refractivity contribution in [2.45, 2.75) is 157 Å². The van der Waals surface area contributed by atoms with Gasteiger partial charge in [0.1, 0.15) is 0 Å². The van der Waals surface area contributed by atoms with E-state index in [-0.39, 0.29) is 68.6 Å². The average Bonchev–Trinajstić information content (AvgIpc) is 3.44.